The van der Waals surface area contributed by atoms with Gasteiger partial charge >= 0.3 is 12.1 Å². The molecule has 0 radical (unpaired) electrons. The van der Waals surface area contributed by atoms with E-state index < -0.39 is 23.6 Å². The molecule has 4 nitrogen and oxygen atoms in total. The Morgan fingerprint density at radius 3 is 2.03 bits per heavy atom. The van der Waals surface area contributed by atoms with Gasteiger partial charge in [-0.05, 0) is 35.4 Å². The number of piperidine rings is 1. The number of likely N-dealkylation sites (tertiary alicyclic amines) is 1. The Morgan fingerprint density at radius 1 is 1.10 bits per heavy atom. The van der Waals surface area contributed by atoms with E-state index in [0.29, 0.717) is 11.1 Å². The van der Waals surface area contributed by atoms with Gasteiger partial charge in [-0.1, -0.05) is 60.3 Å². The standard InChI is InChI=1S/C22H28F3NO3.C2H6/c1-13(14(2)21(3,4)5)19(27)26-11-16(10-17(12-26)20(28)29)15-6-8-18(9-7-15)22(23,24)25;1-2/h6-9,14,16-17H,1,10-12H2,2-5H3,(H,28,29);1-2H3. The van der Waals surface area contributed by atoms with Crippen molar-refractivity contribution in [1.82, 2.24) is 4.90 Å². The van der Waals surface area contributed by atoms with Gasteiger partial charge in [0, 0.05) is 24.6 Å². The molecule has 7 heteroatoms. The zero-order chi connectivity index (χ0) is 24.1. The quantitative estimate of drug-likeness (QED) is 0.584. The average Bonchev–Trinajstić information content (AvgIpc) is 2.72. The van der Waals surface area contributed by atoms with Gasteiger partial charge in [-0.2, -0.15) is 13.2 Å². The molecule has 0 aromatic heterocycles. The number of hydrogen-bond acceptors (Lipinski definition) is 2. The molecule has 1 aromatic carbocycles. The summed E-state index contributed by atoms with van der Waals surface area (Å²) < 4.78 is 38.5. The number of alkyl halides is 3. The molecule has 1 aliphatic heterocycles. The second-order valence-corrected chi connectivity index (χ2v) is 8.91. The van der Waals surface area contributed by atoms with Crippen molar-refractivity contribution in [3.63, 3.8) is 0 Å². The number of benzene rings is 1. The van der Waals surface area contributed by atoms with Gasteiger partial charge in [0.05, 0.1) is 11.5 Å². The maximum absolute atomic E-state index is 13.0. The third kappa shape index (κ3) is 6.84. The summed E-state index contributed by atoms with van der Waals surface area (Å²) in [6.45, 7) is 16.2. The van der Waals surface area contributed by atoms with E-state index in [2.05, 4.69) is 6.58 Å². The van der Waals surface area contributed by atoms with Gasteiger partial charge in [0.25, 0.3) is 0 Å². The Kier molecular flexibility index (Phi) is 8.91. The number of carboxylic acids is 1. The Labute approximate surface area is 183 Å². The number of carboxylic acid groups (broad SMARTS) is 1. The lowest BCUT2D eigenvalue weighted by Crippen LogP contribution is -2.47. The SMILES string of the molecule is C=C(C(=O)N1CC(C(=O)O)CC(c2ccc(C(F)(F)F)cc2)C1)C(C)C(C)(C)C.CC. The number of nitrogens with zero attached hydrogens (tertiary/aromatic N) is 1. The molecule has 1 aliphatic rings. The summed E-state index contributed by atoms with van der Waals surface area (Å²) in [6, 6.07) is 4.72. The predicted octanol–water partition coefficient (Wildman–Crippen LogP) is 5.99. The molecule has 3 atom stereocenters. The molecule has 0 saturated carbocycles. The monoisotopic (exact) mass is 441 g/mol. The van der Waals surface area contributed by atoms with E-state index in [0.717, 1.165) is 12.1 Å². The van der Waals surface area contributed by atoms with E-state index in [9.17, 15) is 27.9 Å². The van der Waals surface area contributed by atoms with Crippen molar-refractivity contribution in [1.29, 1.82) is 0 Å². The maximum atomic E-state index is 13.0. The van der Waals surface area contributed by atoms with Crippen molar-refractivity contribution >= 4 is 11.9 Å². The Morgan fingerprint density at radius 2 is 1.61 bits per heavy atom. The minimum absolute atomic E-state index is 0.0706. The van der Waals surface area contributed by atoms with E-state index >= 15 is 0 Å². The van der Waals surface area contributed by atoms with Crippen LogP contribution in [0.4, 0.5) is 13.2 Å². The third-order valence-electron chi connectivity index (χ3n) is 5.89. The lowest BCUT2D eigenvalue weighted by Gasteiger charge is -2.38. The topological polar surface area (TPSA) is 57.6 Å². The summed E-state index contributed by atoms with van der Waals surface area (Å²) in [6.07, 6.45) is -4.16. The highest BCUT2D eigenvalue weighted by Crippen LogP contribution is 2.36. The van der Waals surface area contributed by atoms with Crippen LogP contribution < -0.4 is 0 Å². The van der Waals surface area contributed by atoms with Crippen LogP contribution in [0.25, 0.3) is 0 Å². The van der Waals surface area contributed by atoms with Crippen molar-refractivity contribution in [2.75, 3.05) is 13.1 Å². The summed E-state index contributed by atoms with van der Waals surface area (Å²) in [7, 11) is 0. The second-order valence-electron chi connectivity index (χ2n) is 8.91. The summed E-state index contributed by atoms with van der Waals surface area (Å²) in [4.78, 5) is 26.1. The molecule has 2 rings (SSSR count). The second kappa shape index (κ2) is 10.3. The fourth-order valence-corrected chi connectivity index (χ4v) is 3.54. The predicted molar refractivity (Wildman–Crippen MR) is 116 cm³/mol. The first kappa shape index (κ1) is 26.7. The van der Waals surface area contributed by atoms with E-state index in [1.165, 1.54) is 17.0 Å². The summed E-state index contributed by atoms with van der Waals surface area (Å²) in [5, 5.41) is 9.52. The highest BCUT2D eigenvalue weighted by Gasteiger charge is 2.37. The lowest BCUT2D eigenvalue weighted by atomic mass is 9.77. The highest BCUT2D eigenvalue weighted by molar-refractivity contribution is 5.93. The summed E-state index contributed by atoms with van der Waals surface area (Å²) >= 11 is 0. The van der Waals surface area contributed by atoms with Crippen LogP contribution in [-0.2, 0) is 15.8 Å². The minimum atomic E-state index is -4.43. The van der Waals surface area contributed by atoms with E-state index in [1.54, 1.807) is 0 Å². The molecule has 0 spiro atoms. The summed E-state index contributed by atoms with van der Waals surface area (Å²) in [5.74, 6) is -2.56. The number of amides is 1. The fraction of sp³-hybridized carbons (Fsp3) is 0.583. The number of carbonyl (C=O) groups is 2. The van der Waals surface area contributed by atoms with Crippen molar-refractivity contribution in [2.24, 2.45) is 17.3 Å². The summed E-state index contributed by atoms with van der Waals surface area (Å²) in [5.41, 5.74) is 0.0692. The van der Waals surface area contributed by atoms with Gasteiger partial charge in [-0.3, -0.25) is 9.59 Å². The molecule has 0 aliphatic carbocycles. The average molecular weight is 442 g/mol. The normalized spacial score (nSPS) is 20.4. The number of carbonyl (C=O) groups excluding carboxylic acids is 1. The molecular weight excluding hydrogens is 407 g/mol. The number of rotatable bonds is 4. The Hall–Kier alpha value is -2.31. The molecular formula is C24H34F3NO3. The first-order valence-corrected chi connectivity index (χ1v) is 10.6. The van der Waals surface area contributed by atoms with E-state index in [1.807, 2.05) is 41.5 Å². The highest BCUT2D eigenvalue weighted by atomic mass is 19.4. The molecule has 31 heavy (non-hydrogen) atoms. The molecule has 1 aromatic rings. The van der Waals surface area contributed by atoms with Gasteiger partial charge < -0.3 is 10.0 Å². The molecule has 1 amide bonds. The van der Waals surface area contributed by atoms with Crippen LogP contribution in [-0.4, -0.2) is 35.0 Å². The van der Waals surface area contributed by atoms with Crippen LogP contribution in [0.15, 0.2) is 36.4 Å². The molecule has 1 fully saturated rings. The molecule has 1 heterocycles. The first-order valence-electron chi connectivity index (χ1n) is 10.6. The number of halogens is 3. The van der Waals surface area contributed by atoms with Gasteiger partial charge in [0.15, 0.2) is 0 Å². The van der Waals surface area contributed by atoms with Crippen LogP contribution in [0.2, 0.25) is 0 Å². The van der Waals surface area contributed by atoms with Gasteiger partial charge in [0.2, 0.25) is 5.91 Å². The lowest BCUT2D eigenvalue weighted by molar-refractivity contribution is -0.145. The van der Waals surface area contributed by atoms with Crippen molar-refractivity contribution < 1.29 is 27.9 Å². The fourth-order valence-electron chi connectivity index (χ4n) is 3.54. The van der Waals surface area contributed by atoms with Crippen LogP contribution in [0.1, 0.15) is 65.0 Å². The maximum Gasteiger partial charge on any atom is 0.416 e. The van der Waals surface area contributed by atoms with Crippen LogP contribution >= 0.6 is 0 Å². The molecule has 1 saturated heterocycles. The van der Waals surface area contributed by atoms with Crippen molar-refractivity contribution in [2.45, 2.75) is 60.1 Å². The zero-order valence-corrected chi connectivity index (χ0v) is 19.2. The number of aliphatic carboxylic acids is 1. The minimum Gasteiger partial charge on any atom is -0.481 e. The third-order valence-corrected chi connectivity index (χ3v) is 5.89. The number of hydrogen-bond donors (Lipinski definition) is 1. The first-order chi connectivity index (χ1) is 14.2. The van der Waals surface area contributed by atoms with Gasteiger partial charge in [-0.25, -0.2) is 0 Å². The molecule has 174 valence electrons. The molecule has 0 bridgehead atoms. The van der Waals surface area contributed by atoms with E-state index in [-0.39, 0.29) is 42.7 Å². The van der Waals surface area contributed by atoms with Crippen LogP contribution in [0.3, 0.4) is 0 Å². The molecule has 3 unspecified atom stereocenters. The molecule has 1 N–H and O–H groups in total. The smallest absolute Gasteiger partial charge is 0.416 e. The Balaban J connectivity index is 0.00000233. The van der Waals surface area contributed by atoms with E-state index in [4.69, 9.17) is 0 Å². The Bertz CT molecular complexity index is 779. The largest absolute Gasteiger partial charge is 0.481 e. The van der Waals surface area contributed by atoms with Gasteiger partial charge in [-0.15, -0.1) is 0 Å². The van der Waals surface area contributed by atoms with Crippen LogP contribution in [0, 0.1) is 17.3 Å². The van der Waals surface area contributed by atoms with Gasteiger partial charge in [0.1, 0.15) is 0 Å². The van der Waals surface area contributed by atoms with Crippen molar-refractivity contribution in [3.8, 4) is 0 Å². The van der Waals surface area contributed by atoms with Crippen molar-refractivity contribution in [3.05, 3.63) is 47.5 Å². The van der Waals surface area contributed by atoms with Crippen LogP contribution in [0.5, 0.6) is 0 Å². The zero-order valence-electron chi connectivity index (χ0n) is 19.2.